The van der Waals surface area contributed by atoms with Crippen LogP contribution in [0.25, 0.3) is 0 Å². The summed E-state index contributed by atoms with van der Waals surface area (Å²) in [4.78, 5) is 37.9. The SMILES string of the molecule is C[C@H](CNC(=O)Nc1ccccc1Cl)CC(=O)N(CCC1CCCC1)CC(=O)NO. The number of nitrogens with one attached hydrogen (secondary N) is 3. The lowest BCUT2D eigenvalue weighted by Crippen LogP contribution is -2.42. The van der Waals surface area contributed by atoms with Crippen LogP contribution < -0.4 is 16.1 Å². The molecule has 0 unspecified atom stereocenters. The van der Waals surface area contributed by atoms with E-state index < -0.39 is 11.9 Å². The number of rotatable bonds is 10. The molecule has 30 heavy (non-hydrogen) atoms. The van der Waals surface area contributed by atoms with Gasteiger partial charge in [-0.2, -0.15) is 0 Å². The fourth-order valence-corrected chi connectivity index (χ4v) is 3.82. The second kappa shape index (κ2) is 12.4. The summed E-state index contributed by atoms with van der Waals surface area (Å²) in [5, 5.41) is 14.7. The standard InChI is InChI=1S/C21H31ClN4O4/c1-15(13-23-21(29)24-18-9-5-4-8-17(18)22)12-20(28)26(14-19(27)25-30)11-10-16-6-2-3-7-16/h4-5,8-9,15-16,30H,2-3,6-7,10-14H2,1H3,(H,25,27)(H2,23,24,29)/t15-/m0/s1. The van der Waals surface area contributed by atoms with E-state index in [1.54, 1.807) is 29.7 Å². The third-order valence-corrected chi connectivity index (χ3v) is 5.68. The van der Waals surface area contributed by atoms with E-state index in [1.165, 1.54) is 17.7 Å². The molecule has 4 amide bonds. The van der Waals surface area contributed by atoms with Gasteiger partial charge in [0.25, 0.3) is 5.91 Å². The summed E-state index contributed by atoms with van der Waals surface area (Å²) in [7, 11) is 0. The van der Waals surface area contributed by atoms with Crippen LogP contribution in [-0.4, -0.2) is 47.6 Å². The number of carbonyl (C=O) groups excluding carboxylic acids is 3. The maximum atomic E-state index is 12.7. The lowest BCUT2D eigenvalue weighted by molar-refractivity contribution is -0.140. The third kappa shape index (κ3) is 8.20. The van der Waals surface area contributed by atoms with Gasteiger partial charge in [-0.1, -0.05) is 56.3 Å². The predicted octanol–water partition coefficient (Wildman–Crippen LogP) is 3.40. The number of amides is 4. The smallest absolute Gasteiger partial charge is 0.319 e. The first kappa shape index (κ1) is 24.0. The minimum atomic E-state index is -0.611. The third-order valence-electron chi connectivity index (χ3n) is 5.35. The average Bonchev–Trinajstić information content (AvgIpc) is 3.24. The fraction of sp³-hybridized carbons (Fsp3) is 0.571. The molecule has 9 heteroatoms. The Morgan fingerprint density at radius 2 is 1.93 bits per heavy atom. The van der Waals surface area contributed by atoms with Crippen molar-refractivity contribution in [2.75, 3.05) is 25.0 Å². The molecule has 0 aromatic heterocycles. The van der Waals surface area contributed by atoms with Crippen LogP contribution in [0.2, 0.25) is 5.02 Å². The van der Waals surface area contributed by atoms with Crippen LogP contribution >= 0.6 is 11.6 Å². The quantitative estimate of drug-likeness (QED) is 0.331. The molecule has 1 aromatic rings. The number of hydrogen-bond donors (Lipinski definition) is 4. The van der Waals surface area contributed by atoms with Gasteiger partial charge in [0.15, 0.2) is 0 Å². The minimum absolute atomic E-state index is 0.124. The Morgan fingerprint density at radius 3 is 2.60 bits per heavy atom. The predicted molar refractivity (Wildman–Crippen MR) is 115 cm³/mol. The van der Waals surface area contributed by atoms with Crippen molar-refractivity contribution >= 4 is 35.1 Å². The van der Waals surface area contributed by atoms with E-state index in [1.807, 2.05) is 6.92 Å². The highest BCUT2D eigenvalue weighted by molar-refractivity contribution is 6.33. The van der Waals surface area contributed by atoms with Gasteiger partial charge in [0.2, 0.25) is 5.91 Å². The van der Waals surface area contributed by atoms with Crippen molar-refractivity contribution in [3.8, 4) is 0 Å². The van der Waals surface area contributed by atoms with Gasteiger partial charge in [0.05, 0.1) is 10.7 Å². The number of nitrogens with zero attached hydrogens (tertiary/aromatic N) is 1. The van der Waals surface area contributed by atoms with Crippen molar-refractivity contribution in [1.29, 1.82) is 0 Å². The Hall–Kier alpha value is -2.32. The van der Waals surface area contributed by atoms with Crippen molar-refractivity contribution in [2.24, 2.45) is 11.8 Å². The van der Waals surface area contributed by atoms with Crippen molar-refractivity contribution in [3.05, 3.63) is 29.3 Å². The molecule has 1 aromatic carbocycles. The monoisotopic (exact) mass is 438 g/mol. The molecule has 166 valence electrons. The Balaban J connectivity index is 1.79. The Bertz CT molecular complexity index is 725. The van der Waals surface area contributed by atoms with Crippen LogP contribution in [0.15, 0.2) is 24.3 Å². The molecular weight excluding hydrogens is 408 g/mol. The number of urea groups is 1. The number of para-hydroxylation sites is 1. The molecular formula is C21H31ClN4O4. The fourth-order valence-electron chi connectivity index (χ4n) is 3.63. The van der Waals surface area contributed by atoms with Gasteiger partial charge in [-0.05, 0) is 30.4 Å². The van der Waals surface area contributed by atoms with Gasteiger partial charge < -0.3 is 15.5 Å². The first-order valence-corrected chi connectivity index (χ1v) is 10.8. The summed E-state index contributed by atoms with van der Waals surface area (Å²) in [6, 6.07) is 6.52. The van der Waals surface area contributed by atoms with Gasteiger partial charge in [-0.15, -0.1) is 0 Å². The van der Waals surface area contributed by atoms with Crippen molar-refractivity contribution in [2.45, 2.75) is 45.4 Å². The summed E-state index contributed by atoms with van der Waals surface area (Å²) in [5.41, 5.74) is 2.10. The summed E-state index contributed by atoms with van der Waals surface area (Å²) in [6.07, 6.45) is 5.81. The zero-order valence-corrected chi connectivity index (χ0v) is 18.1. The molecule has 1 aliphatic rings. The normalized spacial score (nSPS) is 14.8. The van der Waals surface area contributed by atoms with Crippen LogP contribution in [0.1, 0.15) is 45.4 Å². The molecule has 0 aliphatic heterocycles. The Kier molecular flexibility index (Phi) is 9.89. The van der Waals surface area contributed by atoms with Gasteiger partial charge in [-0.25, -0.2) is 10.3 Å². The Labute approximate surface area is 182 Å². The van der Waals surface area contributed by atoms with Crippen molar-refractivity contribution < 1.29 is 19.6 Å². The Morgan fingerprint density at radius 1 is 1.23 bits per heavy atom. The van der Waals surface area contributed by atoms with Gasteiger partial charge >= 0.3 is 6.03 Å². The average molecular weight is 439 g/mol. The molecule has 0 spiro atoms. The lowest BCUT2D eigenvalue weighted by atomic mass is 10.0. The highest BCUT2D eigenvalue weighted by Gasteiger charge is 2.22. The molecule has 1 aliphatic carbocycles. The number of carbonyl (C=O) groups is 3. The van der Waals surface area contributed by atoms with E-state index in [-0.39, 0.29) is 24.8 Å². The van der Waals surface area contributed by atoms with E-state index in [9.17, 15) is 14.4 Å². The van der Waals surface area contributed by atoms with E-state index in [0.29, 0.717) is 29.7 Å². The van der Waals surface area contributed by atoms with Crippen LogP contribution in [0.3, 0.4) is 0 Å². The molecule has 1 saturated carbocycles. The molecule has 2 rings (SSSR count). The second-order valence-corrected chi connectivity index (χ2v) is 8.32. The highest BCUT2D eigenvalue weighted by atomic mass is 35.5. The summed E-state index contributed by atoms with van der Waals surface area (Å²) in [5.74, 6) is -0.317. The summed E-state index contributed by atoms with van der Waals surface area (Å²) >= 11 is 6.02. The summed E-state index contributed by atoms with van der Waals surface area (Å²) < 4.78 is 0. The number of hydrogen-bond acceptors (Lipinski definition) is 4. The lowest BCUT2D eigenvalue weighted by Gasteiger charge is -2.25. The van der Waals surface area contributed by atoms with E-state index in [0.717, 1.165) is 19.3 Å². The second-order valence-electron chi connectivity index (χ2n) is 7.91. The molecule has 0 saturated heterocycles. The first-order valence-electron chi connectivity index (χ1n) is 10.4. The summed E-state index contributed by atoms with van der Waals surface area (Å²) in [6.45, 7) is 2.47. The van der Waals surface area contributed by atoms with Crippen LogP contribution in [-0.2, 0) is 9.59 Å². The van der Waals surface area contributed by atoms with E-state index >= 15 is 0 Å². The first-order chi connectivity index (χ1) is 14.4. The van der Waals surface area contributed by atoms with E-state index in [4.69, 9.17) is 16.8 Å². The highest BCUT2D eigenvalue weighted by Crippen LogP contribution is 2.27. The molecule has 0 heterocycles. The van der Waals surface area contributed by atoms with E-state index in [2.05, 4.69) is 10.6 Å². The maximum Gasteiger partial charge on any atom is 0.319 e. The van der Waals surface area contributed by atoms with Gasteiger partial charge in [-0.3, -0.25) is 14.8 Å². The van der Waals surface area contributed by atoms with Crippen LogP contribution in [0.5, 0.6) is 0 Å². The molecule has 1 atom stereocenters. The molecule has 4 N–H and O–H groups in total. The zero-order chi connectivity index (χ0) is 21.9. The van der Waals surface area contributed by atoms with Crippen molar-refractivity contribution in [1.82, 2.24) is 15.7 Å². The van der Waals surface area contributed by atoms with Gasteiger partial charge in [0, 0.05) is 19.5 Å². The molecule has 1 fully saturated rings. The van der Waals surface area contributed by atoms with Crippen LogP contribution in [0, 0.1) is 11.8 Å². The van der Waals surface area contributed by atoms with Crippen LogP contribution in [0.4, 0.5) is 10.5 Å². The van der Waals surface area contributed by atoms with Crippen molar-refractivity contribution in [3.63, 3.8) is 0 Å². The largest absolute Gasteiger partial charge is 0.338 e. The zero-order valence-electron chi connectivity index (χ0n) is 17.3. The number of halogens is 1. The molecule has 0 radical (unpaired) electrons. The maximum absolute atomic E-state index is 12.7. The molecule has 0 bridgehead atoms. The minimum Gasteiger partial charge on any atom is -0.338 e. The number of hydroxylamine groups is 1. The number of benzene rings is 1. The number of anilines is 1. The topological polar surface area (TPSA) is 111 Å². The van der Waals surface area contributed by atoms with Gasteiger partial charge in [0.1, 0.15) is 6.54 Å². The molecule has 8 nitrogen and oxygen atoms in total.